The molecular formula is C22H26ClN7O. The Morgan fingerprint density at radius 2 is 1.97 bits per heavy atom. The van der Waals surface area contributed by atoms with Gasteiger partial charge in [-0.1, -0.05) is 17.7 Å². The lowest BCUT2D eigenvalue weighted by Gasteiger charge is -2.38. The third-order valence-electron chi connectivity index (χ3n) is 6.19. The lowest BCUT2D eigenvalue weighted by Crippen LogP contribution is -2.48. The molecule has 5 rings (SSSR count). The second-order valence-electron chi connectivity index (χ2n) is 8.28. The highest BCUT2D eigenvalue weighted by molar-refractivity contribution is 6.30. The van der Waals surface area contributed by atoms with E-state index in [4.69, 9.17) is 16.3 Å². The van der Waals surface area contributed by atoms with E-state index in [0.717, 1.165) is 24.6 Å². The van der Waals surface area contributed by atoms with Crippen LogP contribution in [-0.4, -0.2) is 43.9 Å². The van der Waals surface area contributed by atoms with Gasteiger partial charge in [-0.15, -0.1) is 5.10 Å². The van der Waals surface area contributed by atoms with Crippen molar-refractivity contribution < 1.29 is 4.74 Å². The summed E-state index contributed by atoms with van der Waals surface area (Å²) in [4.78, 5) is 15.7. The number of fused-ring (bicyclic) bond motifs is 2. The number of nitrogens with zero attached hydrogens (tertiary/aromatic N) is 6. The van der Waals surface area contributed by atoms with Gasteiger partial charge >= 0.3 is 6.01 Å². The molecule has 1 saturated carbocycles. The molecule has 31 heavy (non-hydrogen) atoms. The molecule has 1 N–H and O–H groups in total. The second-order valence-corrected chi connectivity index (χ2v) is 8.72. The number of piperidine rings is 1. The van der Waals surface area contributed by atoms with Gasteiger partial charge in [-0.25, -0.2) is 14.6 Å². The zero-order valence-corrected chi connectivity index (χ0v) is 18.5. The predicted octanol–water partition coefficient (Wildman–Crippen LogP) is 4.17. The van der Waals surface area contributed by atoms with Crippen molar-refractivity contribution in [3.63, 3.8) is 0 Å². The summed E-state index contributed by atoms with van der Waals surface area (Å²) in [5.74, 6) is 3.34. The third-order valence-corrected chi connectivity index (χ3v) is 6.42. The first-order valence-corrected chi connectivity index (χ1v) is 11.1. The molecule has 1 aliphatic carbocycles. The fraction of sp³-hybridized carbons (Fsp3) is 0.455. The fourth-order valence-corrected chi connectivity index (χ4v) is 4.89. The Bertz CT molecular complexity index is 1060. The summed E-state index contributed by atoms with van der Waals surface area (Å²) in [6, 6.07) is 10.2. The van der Waals surface area contributed by atoms with Crippen molar-refractivity contribution in [1.82, 2.24) is 24.7 Å². The lowest BCUT2D eigenvalue weighted by molar-refractivity contribution is 0.374. The smallest absolute Gasteiger partial charge is 0.322 e. The highest BCUT2D eigenvalue weighted by Crippen LogP contribution is 2.39. The summed E-state index contributed by atoms with van der Waals surface area (Å²) in [6.07, 6.45) is 4.05. The van der Waals surface area contributed by atoms with Crippen molar-refractivity contribution in [1.29, 1.82) is 0 Å². The van der Waals surface area contributed by atoms with E-state index in [2.05, 4.69) is 36.3 Å². The van der Waals surface area contributed by atoms with E-state index in [1.54, 1.807) is 17.1 Å². The van der Waals surface area contributed by atoms with Gasteiger partial charge in [-0.2, -0.15) is 4.98 Å². The van der Waals surface area contributed by atoms with Crippen molar-refractivity contribution in [2.45, 2.75) is 39.3 Å². The SMILES string of the molecule is CCn1nc(N[C@@H]2[C@@H]3CC[C@H]2CN(c2cc(C)ncn2)C3)nc1Oc1cccc(Cl)c1. The van der Waals surface area contributed by atoms with Crippen LogP contribution < -0.4 is 15.0 Å². The van der Waals surface area contributed by atoms with Crippen molar-refractivity contribution in [3.05, 3.63) is 47.4 Å². The first-order valence-electron chi connectivity index (χ1n) is 10.8. The molecule has 3 aromatic rings. The van der Waals surface area contributed by atoms with Gasteiger partial charge in [0.2, 0.25) is 5.95 Å². The molecule has 2 aliphatic rings. The van der Waals surface area contributed by atoms with E-state index in [0.29, 0.717) is 47.2 Å². The number of nitrogens with one attached hydrogen (secondary N) is 1. The number of ether oxygens (including phenoxy) is 1. The van der Waals surface area contributed by atoms with Crippen LogP contribution in [0.5, 0.6) is 11.8 Å². The molecule has 0 unspecified atom stereocenters. The average Bonchev–Trinajstić information content (AvgIpc) is 3.23. The quantitative estimate of drug-likeness (QED) is 0.617. The standard InChI is InChI=1S/C22H26ClN7O/c1-3-30-22(31-18-6-4-5-17(23)10-18)27-21(28-30)26-20-15-7-8-16(20)12-29(11-15)19-9-14(2)24-13-25-19/h4-6,9-10,13,15-16,20H,3,7-8,11-12H2,1-2H3,(H,26,28)/t15-,16+,20-. The third kappa shape index (κ3) is 4.17. The Labute approximate surface area is 186 Å². The van der Waals surface area contributed by atoms with Crippen LogP contribution in [0.25, 0.3) is 0 Å². The van der Waals surface area contributed by atoms with Gasteiger partial charge in [-0.05, 0) is 56.7 Å². The summed E-state index contributed by atoms with van der Waals surface area (Å²) in [7, 11) is 0. The number of rotatable bonds is 6. The predicted molar refractivity (Wildman–Crippen MR) is 120 cm³/mol. The van der Waals surface area contributed by atoms with E-state index in [1.165, 1.54) is 12.8 Å². The normalized spacial score (nSPS) is 22.5. The monoisotopic (exact) mass is 439 g/mol. The van der Waals surface area contributed by atoms with Gasteiger partial charge in [0.05, 0.1) is 0 Å². The molecule has 1 saturated heterocycles. The summed E-state index contributed by atoms with van der Waals surface area (Å²) < 4.78 is 7.72. The minimum atomic E-state index is 0.353. The molecule has 0 spiro atoms. The molecule has 2 fully saturated rings. The number of benzene rings is 1. The molecule has 3 heterocycles. The van der Waals surface area contributed by atoms with Gasteiger partial charge in [0.1, 0.15) is 17.9 Å². The Kier molecular flexibility index (Phi) is 5.40. The number of aryl methyl sites for hydroxylation is 2. The van der Waals surface area contributed by atoms with Crippen molar-refractivity contribution >= 4 is 23.4 Å². The van der Waals surface area contributed by atoms with Gasteiger partial charge in [0.25, 0.3) is 0 Å². The van der Waals surface area contributed by atoms with Crippen LogP contribution in [0, 0.1) is 18.8 Å². The highest BCUT2D eigenvalue weighted by atomic mass is 35.5. The zero-order chi connectivity index (χ0) is 21.4. The number of aromatic nitrogens is 5. The van der Waals surface area contributed by atoms with Crippen LogP contribution in [0.1, 0.15) is 25.5 Å². The summed E-state index contributed by atoms with van der Waals surface area (Å²) in [5.41, 5.74) is 0.999. The number of anilines is 2. The Morgan fingerprint density at radius 1 is 1.16 bits per heavy atom. The molecule has 2 aromatic heterocycles. The molecule has 8 nitrogen and oxygen atoms in total. The number of halogens is 1. The molecule has 1 aromatic carbocycles. The summed E-state index contributed by atoms with van der Waals surface area (Å²) >= 11 is 6.08. The maximum Gasteiger partial charge on any atom is 0.322 e. The lowest BCUT2D eigenvalue weighted by atomic mass is 9.92. The van der Waals surface area contributed by atoms with E-state index in [1.807, 2.05) is 32.0 Å². The Hall–Kier alpha value is -2.87. The first kappa shape index (κ1) is 20.1. The zero-order valence-electron chi connectivity index (χ0n) is 17.7. The Balaban J connectivity index is 1.30. The molecule has 1 aliphatic heterocycles. The fourth-order valence-electron chi connectivity index (χ4n) is 4.71. The van der Waals surface area contributed by atoms with Gasteiger partial charge < -0.3 is 15.0 Å². The van der Waals surface area contributed by atoms with Crippen LogP contribution in [0.3, 0.4) is 0 Å². The maximum atomic E-state index is 6.08. The minimum absolute atomic E-state index is 0.353. The van der Waals surface area contributed by atoms with Gasteiger partial charge in [-0.3, -0.25) is 0 Å². The molecular weight excluding hydrogens is 414 g/mol. The first-order chi connectivity index (χ1) is 15.1. The van der Waals surface area contributed by atoms with E-state index in [9.17, 15) is 0 Å². The van der Waals surface area contributed by atoms with Crippen LogP contribution in [0.4, 0.5) is 11.8 Å². The van der Waals surface area contributed by atoms with E-state index < -0.39 is 0 Å². The maximum absolute atomic E-state index is 6.08. The minimum Gasteiger partial charge on any atom is -0.424 e. The molecule has 2 bridgehead atoms. The molecule has 0 amide bonds. The molecule has 3 atom stereocenters. The second kappa shape index (κ2) is 8.34. The van der Waals surface area contributed by atoms with Crippen LogP contribution in [0.15, 0.2) is 36.7 Å². The number of hydrogen-bond donors (Lipinski definition) is 1. The van der Waals surface area contributed by atoms with Crippen LogP contribution in [0.2, 0.25) is 5.02 Å². The van der Waals surface area contributed by atoms with E-state index in [-0.39, 0.29) is 0 Å². The molecule has 9 heteroatoms. The Morgan fingerprint density at radius 3 is 2.68 bits per heavy atom. The topological polar surface area (TPSA) is 81.0 Å². The largest absolute Gasteiger partial charge is 0.424 e. The van der Waals surface area contributed by atoms with Crippen LogP contribution >= 0.6 is 11.6 Å². The summed E-state index contributed by atoms with van der Waals surface area (Å²) in [5, 5.41) is 8.86. The summed E-state index contributed by atoms with van der Waals surface area (Å²) in [6.45, 7) is 6.65. The van der Waals surface area contributed by atoms with Crippen molar-refractivity contribution in [3.8, 4) is 11.8 Å². The molecule has 0 radical (unpaired) electrons. The van der Waals surface area contributed by atoms with Crippen molar-refractivity contribution in [2.75, 3.05) is 23.3 Å². The number of hydrogen-bond acceptors (Lipinski definition) is 7. The highest BCUT2D eigenvalue weighted by Gasteiger charge is 2.43. The van der Waals surface area contributed by atoms with Crippen LogP contribution in [-0.2, 0) is 6.54 Å². The van der Waals surface area contributed by atoms with Crippen molar-refractivity contribution in [2.24, 2.45) is 11.8 Å². The van der Waals surface area contributed by atoms with Gasteiger partial charge in [0.15, 0.2) is 0 Å². The van der Waals surface area contributed by atoms with Gasteiger partial charge in [0, 0.05) is 42.5 Å². The van der Waals surface area contributed by atoms with E-state index >= 15 is 0 Å². The molecule has 162 valence electrons. The average molecular weight is 440 g/mol.